The minimum Gasteiger partial charge on any atom is -0.478 e. The van der Waals surface area contributed by atoms with Crippen LogP contribution in [0.25, 0.3) is 11.1 Å². The predicted molar refractivity (Wildman–Crippen MR) is 61.8 cm³/mol. The number of carboxylic acids is 1. The van der Waals surface area contributed by atoms with E-state index in [0.29, 0.717) is 11.1 Å². The van der Waals surface area contributed by atoms with Gasteiger partial charge >= 0.3 is 5.97 Å². The molecule has 0 amide bonds. The first-order valence-electron chi connectivity index (χ1n) is 5.37. The molecule has 1 aliphatic carbocycles. The van der Waals surface area contributed by atoms with Crippen molar-refractivity contribution in [3.8, 4) is 11.1 Å². The number of aromatic carboxylic acids is 1. The number of carboxylic acid groups (broad SMARTS) is 1. The maximum Gasteiger partial charge on any atom is 0.335 e. The summed E-state index contributed by atoms with van der Waals surface area (Å²) >= 11 is 0. The molecule has 3 rings (SSSR count). The van der Waals surface area contributed by atoms with Crippen molar-refractivity contribution in [1.29, 1.82) is 0 Å². The molecule has 0 fully saturated rings. The second-order valence-corrected chi connectivity index (χ2v) is 4.19. The molecule has 2 aromatic carbocycles. The van der Waals surface area contributed by atoms with Crippen LogP contribution in [0.4, 0.5) is 8.78 Å². The third-order valence-electron chi connectivity index (χ3n) is 3.16. The van der Waals surface area contributed by atoms with Gasteiger partial charge < -0.3 is 5.11 Å². The molecule has 0 heterocycles. The first-order valence-corrected chi connectivity index (χ1v) is 5.37. The lowest BCUT2D eigenvalue weighted by Crippen LogP contribution is -2.11. The molecule has 0 atom stereocenters. The number of fused-ring (bicyclic) bond motifs is 3. The van der Waals surface area contributed by atoms with Crippen LogP contribution >= 0.6 is 0 Å². The van der Waals surface area contributed by atoms with E-state index in [-0.39, 0.29) is 16.7 Å². The fourth-order valence-electron chi connectivity index (χ4n) is 2.31. The predicted octanol–water partition coefficient (Wildman–Crippen LogP) is 3.51. The molecule has 1 aliphatic rings. The second kappa shape index (κ2) is 3.38. The van der Waals surface area contributed by atoms with E-state index in [1.165, 1.54) is 18.2 Å². The van der Waals surface area contributed by atoms with Gasteiger partial charge in [0, 0.05) is 11.1 Å². The van der Waals surface area contributed by atoms with Gasteiger partial charge in [-0.25, -0.2) is 4.79 Å². The van der Waals surface area contributed by atoms with Gasteiger partial charge in [-0.3, -0.25) is 0 Å². The number of alkyl halides is 2. The van der Waals surface area contributed by atoms with Gasteiger partial charge in [-0.1, -0.05) is 30.3 Å². The van der Waals surface area contributed by atoms with Crippen molar-refractivity contribution in [3.05, 3.63) is 59.2 Å². The van der Waals surface area contributed by atoms with E-state index in [0.717, 1.165) is 6.07 Å². The monoisotopic (exact) mass is 246 g/mol. The quantitative estimate of drug-likeness (QED) is 0.836. The standard InChI is InChI=1S/C14H8F2O2/c15-14(16)11-4-2-1-3-9(11)10-6-5-8(13(17)18)7-12(10)14/h1-7H,(H,17,18). The van der Waals surface area contributed by atoms with Crippen LogP contribution in [0.3, 0.4) is 0 Å². The fourth-order valence-corrected chi connectivity index (χ4v) is 2.31. The maximum atomic E-state index is 14.2. The van der Waals surface area contributed by atoms with Crippen LogP contribution in [0, 0.1) is 0 Å². The number of hydrogen-bond acceptors (Lipinski definition) is 1. The minimum absolute atomic E-state index is 0.0671. The van der Waals surface area contributed by atoms with Gasteiger partial charge in [-0.05, 0) is 23.3 Å². The number of hydrogen-bond donors (Lipinski definition) is 1. The van der Waals surface area contributed by atoms with E-state index in [1.807, 2.05) is 0 Å². The van der Waals surface area contributed by atoms with Crippen LogP contribution < -0.4 is 0 Å². The summed E-state index contributed by atoms with van der Waals surface area (Å²) in [6.07, 6.45) is 0. The van der Waals surface area contributed by atoms with Crippen molar-refractivity contribution in [2.45, 2.75) is 5.92 Å². The molecule has 0 aromatic heterocycles. The van der Waals surface area contributed by atoms with Gasteiger partial charge in [0.25, 0.3) is 5.92 Å². The zero-order valence-electron chi connectivity index (χ0n) is 9.15. The molecule has 90 valence electrons. The molecule has 0 spiro atoms. The second-order valence-electron chi connectivity index (χ2n) is 4.19. The van der Waals surface area contributed by atoms with Crippen LogP contribution in [-0.2, 0) is 5.92 Å². The Balaban J connectivity index is 2.31. The molecule has 0 bridgehead atoms. The highest BCUT2D eigenvalue weighted by atomic mass is 19.3. The van der Waals surface area contributed by atoms with Gasteiger partial charge in [0.15, 0.2) is 0 Å². The van der Waals surface area contributed by atoms with Gasteiger partial charge in [0.1, 0.15) is 0 Å². The summed E-state index contributed by atoms with van der Waals surface area (Å²) in [5, 5.41) is 8.86. The number of rotatable bonds is 1. The summed E-state index contributed by atoms with van der Waals surface area (Å²) in [5.41, 5.74) is 0.447. The van der Waals surface area contributed by atoms with Crippen molar-refractivity contribution < 1.29 is 18.7 Å². The number of carbonyl (C=O) groups is 1. The molecule has 4 heteroatoms. The summed E-state index contributed by atoms with van der Waals surface area (Å²) in [4.78, 5) is 10.8. The van der Waals surface area contributed by atoms with E-state index in [2.05, 4.69) is 0 Å². The highest BCUT2D eigenvalue weighted by Gasteiger charge is 2.44. The summed E-state index contributed by atoms with van der Waals surface area (Å²) in [6.45, 7) is 0. The molecular formula is C14H8F2O2. The van der Waals surface area contributed by atoms with Crippen molar-refractivity contribution in [1.82, 2.24) is 0 Å². The van der Waals surface area contributed by atoms with E-state index in [4.69, 9.17) is 5.11 Å². The van der Waals surface area contributed by atoms with Crippen LogP contribution in [0.15, 0.2) is 42.5 Å². The number of benzene rings is 2. The topological polar surface area (TPSA) is 37.3 Å². The summed E-state index contributed by atoms with van der Waals surface area (Å²) in [7, 11) is 0. The molecule has 1 N–H and O–H groups in total. The molecule has 2 aromatic rings. The van der Waals surface area contributed by atoms with E-state index >= 15 is 0 Å². The lowest BCUT2D eigenvalue weighted by atomic mass is 10.0. The van der Waals surface area contributed by atoms with Crippen molar-refractivity contribution >= 4 is 5.97 Å². The van der Waals surface area contributed by atoms with Crippen LogP contribution in [0.2, 0.25) is 0 Å². The Morgan fingerprint density at radius 2 is 1.67 bits per heavy atom. The van der Waals surface area contributed by atoms with E-state index in [1.54, 1.807) is 18.2 Å². The average molecular weight is 246 g/mol. The van der Waals surface area contributed by atoms with Crippen LogP contribution in [0.5, 0.6) is 0 Å². The Kier molecular flexibility index (Phi) is 2.05. The zero-order chi connectivity index (χ0) is 12.9. The van der Waals surface area contributed by atoms with Gasteiger partial charge in [0.05, 0.1) is 5.56 Å². The largest absolute Gasteiger partial charge is 0.478 e. The summed E-state index contributed by atoms with van der Waals surface area (Å²) in [5.74, 6) is -4.33. The van der Waals surface area contributed by atoms with Crippen LogP contribution in [-0.4, -0.2) is 11.1 Å². The molecule has 0 saturated heterocycles. The average Bonchev–Trinajstić information content (AvgIpc) is 2.59. The highest BCUT2D eigenvalue weighted by Crippen LogP contribution is 2.50. The molecule has 0 unspecified atom stereocenters. The zero-order valence-corrected chi connectivity index (χ0v) is 9.15. The first-order chi connectivity index (χ1) is 8.51. The SMILES string of the molecule is O=C(O)c1ccc2c(c1)C(F)(F)c1ccccc1-2. The van der Waals surface area contributed by atoms with E-state index < -0.39 is 11.9 Å². The third kappa shape index (κ3) is 1.29. The molecule has 0 aliphatic heterocycles. The molecule has 18 heavy (non-hydrogen) atoms. The lowest BCUT2D eigenvalue weighted by Gasteiger charge is -2.12. The Morgan fingerprint density at radius 1 is 1.00 bits per heavy atom. The Hall–Kier alpha value is -2.23. The smallest absolute Gasteiger partial charge is 0.335 e. The molecular weight excluding hydrogens is 238 g/mol. The van der Waals surface area contributed by atoms with Crippen molar-refractivity contribution in [2.75, 3.05) is 0 Å². The first kappa shape index (κ1) is 10.9. The summed E-state index contributed by atoms with van der Waals surface area (Å²) < 4.78 is 28.4. The summed E-state index contributed by atoms with van der Waals surface area (Å²) in [6, 6.07) is 10.1. The minimum atomic E-state index is -3.13. The Bertz CT molecular complexity index is 663. The van der Waals surface area contributed by atoms with Gasteiger partial charge in [0.2, 0.25) is 0 Å². The van der Waals surface area contributed by atoms with Gasteiger partial charge in [-0.15, -0.1) is 0 Å². The van der Waals surface area contributed by atoms with Gasteiger partial charge in [-0.2, -0.15) is 8.78 Å². The Labute approximate surface area is 101 Å². The fraction of sp³-hybridized carbons (Fsp3) is 0.0714. The molecule has 0 saturated carbocycles. The molecule has 0 radical (unpaired) electrons. The van der Waals surface area contributed by atoms with E-state index in [9.17, 15) is 13.6 Å². The molecule has 2 nitrogen and oxygen atoms in total. The maximum absolute atomic E-state index is 14.2. The van der Waals surface area contributed by atoms with Crippen molar-refractivity contribution in [3.63, 3.8) is 0 Å². The highest BCUT2D eigenvalue weighted by molar-refractivity contribution is 5.90. The van der Waals surface area contributed by atoms with Crippen molar-refractivity contribution in [2.24, 2.45) is 0 Å². The van der Waals surface area contributed by atoms with Crippen LogP contribution in [0.1, 0.15) is 21.5 Å². The number of halogens is 2. The lowest BCUT2D eigenvalue weighted by molar-refractivity contribution is 0.0478. The normalized spacial score (nSPS) is 15.0. The Morgan fingerprint density at radius 3 is 2.39 bits per heavy atom. The third-order valence-corrected chi connectivity index (χ3v) is 3.16.